The first-order chi connectivity index (χ1) is 12.7. The monoisotopic (exact) mass is 347 g/mol. The highest BCUT2D eigenvalue weighted by Crippen LogP contribution is 2.24. The maximum absolute atomic E-state index is 5.98. The number of aliphatic imine (C=N–C) groups is 1. The Morgan fingerprint density at radius 1 is 1.00 bits per heavy atom. The van der Waals surface area contributed by atoms with Crippen LogP contribution in [0.3, 0.4) is 0 Å². The highest BCUT2D eigenvalue weighted by atomic mass is 16.5. The molecule has 3 rings (SSSR count). The number of para-hydroxylation sites is 2. The minimum atomic E-state index is 0.244. The van der Waals surface area contributed by atoms with Crippen LogP contribution in [0.15, 0.2) is 71.9 Å². The Bertz CT molecular complexity index is 889. The van der Waals surface area contributed by atoms with Crippen LogP contribution >= 0.6 is 0 Å². The van der Waals surface area contributed by atoms with E-state index in [0.717, 1.165) is 22.5 Å². The molecule has 26 heavy (non-hydrogen) atoms. The van der Waals surface area contributed by atoms with Crippen LogP contribution in [0, 0.1) is 0 Å². The van der Waals surface area contributed by atoms with Crippen molar-refractivity contribution < 1.29 is 4.74 Å². The summed E-state index contributed by atoms with van der Waals surface area (Å²) in [6, 6.07) is 19.4. The van der Waals surface area contributed by atoms with E-state index in [1.54, 1.807) is 13.3 Å². The summed E-state index contributed by atoms with van der Waals surface area (Å²) < 4.78 is 5.28. The van der Waals surface area contributed by atoms with Gasteiger partial charge in [-0.25, -0.2) is 4.98 Å². The lowest BCUT2D eigenvalue weighted by Crippen LogP contribution is -2.22. The fourth-order valence-corrected chi connectivity index (χ4v) is 2.49. The van der Waals surface area contributed by atoms with E-state index in [1.807, 2.05) is 67.7 Å². The van der Waals surface area contributed by atoms with Crippen LogP contribution < -0.4 is 21.1 Å². The summed E-state index contributed by atoms with van der Waals surface area (Å²) in [7, 11) is 3.50. The lowest BCUT2D eigenvalue weighted by molar-refractivity contribution is 0.417. The number of methoxy groups -OCH3 is 1. The number of hydrogen-bond donors (Lipinski definition) is 3. The summed E-state index contributed by atoms with van der Waals surface area (Å²) >= 11 is 0. The summed E-state index contributed by atoms with van der Waals surface area (Å²) in [4.78, 5) is 8.67. The van der Waals surface area contributed by atoms with Gasteiger partial charge in [0.05, 0.1) is 12.8 Å². The van der Waals surface area contributed by atoms with Gasteiger partial charge in [0.1, 0.15) is 5.75 Å². The number of nitrogens with one attached hydrogen (secondary N) is 2. The summed E-state index contributed by atoms with van der Waals surface area (Å²) in [5.74, 6) is 1.47. The summed E-state index contributed by atoms with van der Waals surface area (Å²) in [6.45, 7) is 0. The molecule has 6 nitrogen and oxygen atoms in total. The molecular weight excluding hydrogens is 326 g/mol. The molecule has 4 N–H and O–H groups in total. The minimum Gasteiger partial charge on any atom is -0.495 e. The maximum Gasteiger partial charge on any atom is 0.199 e. The number of hydrogen-bond acceptors (Lipinski definition) is 4. The van der Waals surface area contributed by atoms with Gasteiger partial charge in [-0.1, -0.05) is 24.3 Å². The van der Waals surface area contributed by atoms with Crippen molar-refractivity contribution >= 4 is 23.2 Å². The Morgan fingerprint density at radius 2 is 1.73 bits per heavy atom. The number of ether oxygens (including phenoxy) is 1. The molecule has 0 radical (unpaired) electrons. The van der Waals surface area contributed by atoms with Crippen molar-refractivity contribution in [3.63, 3.8) is 0 Å². The minimum absolute atomic E-state index is 0.244. The second-order valence-electron chi connectivity index (χ2n) is 5.55. The van der Waals surface area contributed by atoms with Gasteiger partial charge in [0, 0.05) is 24.5 Å². The number of anilines is 2. The predicted octanol–water partition coefficient (Wildman–Crippen LogP) is 3.86. The third-order valence-corrected chi connectivity index (χ3v) is 3.86. The Hall–Kier alpha value is -3.54. The van der Waals surface area contributed by atoms with Crippen molar-refractivity contribution in [2.24, 2.45) is 10.7 Å². The molecule has 0 aliphatic heterocycles. The Morgan fingerprint density at radius 3 is 2.38 bits per heavy atom. The molecule has 2 aromatic carbocycles. The largest absolute Gasteiger partial charge is 0.495 e. The van der Waals surface area contributed by atoms with E-state index in [4.69, 9.17) is 10.5 Å². The second kappa shape index (κ2) is 8.02. The summed E-state index contributed by atoms with van der Waals surface area (Å²) in [5, 5.41) is 6.13. The van der Waals surface area contributed by atoms with Gasteiger partial charge in [-0.15, -0.1) is 0 Å². The van der Waals surface area contributed by atoms with Crippen LogP contribution in [-0.2, 0) is 0 Å². The molecule has 6 heteroatoms. The Labute approximate surface area is 152 Å². The highest BCUT2D eigenvalue weighted by Gasteiger charge is 2.04. The zero-order valence-electron chi connectivity index (χ0n) is 14.7. The van der Waals surface area contributed by atoms with Crippen molar-refractivity contribution in [2.75, 3.05) is 24.8 Å². The van der Waals surface area contributed by atoms with Crippen LogP contribution in [0.4, 0.5) is 17.2 Å². The van der Waals surface area contributed by atoms with Crippen LogP contribution in [0.25, 0.3) is 11.1 Å². The highest BCUT2D eigenvalue weighted by molar-refractivity contribution is 5.95. The number of benzene rings is 2. The van der Waals surface area contributed by atoms with Gasteiger partial charge in [-0.05, 0) is 42.0 Å². The third kappa shape index (κ3) is 4.10. The molecule has 0 aliphatic carbocycles. The molecule has 0 fully saturated rings. The molecule has 0 atom stereocenters. The van der Waals surface area contributed by atoms with Crippen molar-refractivity contribution in [3.8, 4) is 16.9 Å². The quantitative estimate of drug-likeness (QED) is 0.482. The first-order valence-electron chi connectivity index (χ1n) is 8.18. The van der Waals surface area contributed by atoms with E-state index in [-0.39, 0.29) is 5.96 Å². The summed E-state index contributed by atoms with van der Waals surface area (Å²) in [6.07, 6.45) is 1.78. The first kappa shape index (κ1) is 17.3. The number of rotatable bonds is 5. The number of pyridine rings is 1. The molecule has 1 heterocycles. The van der Waals surface area contributed by atoms with E-state index >= 15 is 0 Å². The molecule has 1 aromatic heterocycles. The predicted molar refractivity (Wildman–Crippen MR) is 107 cm³/mol. The van der Waals surface area contributed by atoms with E-state index in [9.17, 15) is 0 Å². The fraction of sp³-hybridized carbons (Fsp3) is 0.100. The molecule has 3 aromatic rings. The topological polar surface area (TPSA) is 84.6 Å². The van der Waals surface area contributed by atoms with Crippen LogP contribution in [-0.4, -0.2) is 25.1 Å². The zero-order valence-corrected chi connectivity index (χ0v) is 14.7. The van der Waals surface area contributed by atoms with Crippen molar-refractivity contribution in [2.45, 2.75) is 0 Å². The average Bonchev–Trinajstić information content (AvgIpc) is 2.69. The molecule has 0 aliphatic rings. The average molecular weight is 347 g/mol. The van der Waals surface area contributed by atoms with E-state index in [2.05, 4.69) is 20.6 Å². The van der Waals surface area contributed by atoms with E-state index in [1.165, 1.54) is 0 Å². The Balaban J connectivity index is 1.74. The SMILES string of the molecule is CNc1ccc(-c2ccc(N=C(N)Nc3ccccc3OC)nc2)cc1. The van der Waals surface area contributed by atoms with Crippen molar-refractivity contribution in [3.05, 3.63) is 66.9 Å². The van der Waals surface area contributed by atoms with Crippen LogP contribution in [0.5, 0.6) is 5.75 Å². The zero-order chi connectivity index (χ0) is 18.4. The van der Waals surface area contributed by atoms with Crippen molar-refractivity contribution in [1.82, 2.24) is 4.98 Å². The smallest absolute Gasteiger partial charge is 0.199 e. The molecule has 0 saturated heterocycles. The van der Waals surface area contributed by atoms with Crippen LogP contribution in [0.1, 0.15) is 0 Å². The van der Waals surface area contributed by atoms with Gasteiger partial charge in [-0.2, -0.15) is 4.99 Å². The van der Waals surface area contributed by atoms with Gasteiger partial charge in [0.15, 0.2) is 11.8 Å². The lowest BCUT2D eigenvalue weighted by Gasteiger charge is -2.10. The van der Waals surface area contributed by atoms with Gasteiger partial charge in [0.2, 0.25) is 0 Å². The van der Waals surface area contributed by atoms with E-state index < -0.39 is 0 Å². The van der Waals surface area contributed by atoms with Gasteiger partial charge < -0.3 is 21.1 Å². The third-order valence-electron chi connectivity index (χ3n) is 3.86. The molecule has 0 amide bonds. The van der Waals surface area contributed by atoms with Crippen molar-refractivity contribution in [1.29, 1.82) is 0 Å². The fourth-order valence-electron chi connectivity index (χ4n) is 2.49. The number of nitrogens with two attached hydrogens (primary N) is 1. The lowest BCUT2D eigenvalue weighted by atomic mass is 10.1. The molecule has 0 saturated carbocycles. The molecule has 0 bridgehead atoms. The number of aromatic nitrogens is 1. The van der Waals surface area contributed by atoms with Gasteiger partial charge >= 0.3 is 0 Å². The molecule has 0 spiro atoms. The standard InChI is InChI=1S/C20H21N5O/c1-22-16-10-7-14(8-11-16)15-9-12-19(23-13-15)25-20(21)24-17-5-3-4-6-18(17)26-2/h3-13,22H,1-2H3,(H3,21,23,24,25). The molecule has 0 unspecified atom stereocenters. The van der Waals surface area contributed by atoms with Gasteiger partial charge in [-0.3, -0.25) is 0 Å². The Kier molecular flexibility index (Phi) is 5.34. The summed E-state index contributed by atoms with van der Waals surface area (Å²) in [5.41, 5.74) is 9.90. The molecule has 132 valence electrons. The van der Waals surface area contributed by atoms with Crippen LogP contribution in [0.2, 0.25) is 0 Å². The second-order valence-corrected chi connectivity index (χ2v) is 5.55. The van der Waals surface area contributed by atoms with Gasteiger partial charge in [0.25, 0.3) is 0 Å². The molecular formula is C20H21N5O. The normalized spacial score (nSPS) is 11.1. The number of nitrogens with zero attached hydrogens (tertiary/aromatic N) is 2. The first-order valence-corrected chi connectivity index (χ1v) is 8.18. The maximum atomic E-state index is 5.98. The number of guanidine groups is 1. The van der Waals surface area contributed by atoms with E-state index in [0.29, 0.717) is 11.6 Å².